The second kappa shape index (κ2) is 9.84. The van der Waals surface area contributed by atoms with Crippen LogP contribution in [0.25, 0.3) is 11.3 Å². The number of aromatic hydroxyl groups is 1. The van der Waals surface area contributed by atoms with Gasteiger partial charge in [-0.05, 0) is 44.1 Å². The maximum atomic E-state index is 11.7. The van der Waals surface area contributed by atoms with Crippen LogP contribution in [0.15, 0.2) is 23.3 Å². The van der Waals surface area contributed by atoms with Crippen LogP contribution in [-0.2, 0) is 16.6 Å². The second-order valence-corrected chi connectivity index (χ2v) is 8.40. The second-order valence-electron chi connectivity index (χ2n) is 7.20. The smallest absolute Gasteiger partial charge is 0.308 e. The highest BCUT2D eigenvalue weighted by Gasteiger charge is 2.26. The maximum Gasteiger partial charge on any atom is 0.308 e. The number of aryl methyl sites for hydroxylation is 1. The van der Waals surface area contributed by atoms with Gasteiger partial charge in [-0.3, -0.25) is 14.9 Å². The van der Waals surface area contributed by atoms with Gasteiger partial charge in [-0.1, -0.05) is 29.3 Å². The number of benzene rings is 1. The third-order valence-corrected chi connectivity index (χ3v) is 6.28. The van der Waals surface area contributed by atoms with Crippen LogP contribution in [0.5, 0.6) is 5.75 Å². The van der Waals surface area contributed by atoms with Crippen molar-refractivity contribution in [1.82, 2.24) is 20.1 Å². The molecule has 1 aromatic carbocycles. The fourth-order valence-corrected chi connectivity index (χ4v) is 3.99. The first-order valence-electron chi connectivity index (χ1n) is 9.61. The minimum atomic E-state index is -0.184. The molecular weight excluding hydrogens is 461 g/mol. The number of methoxy groups -OCH3 is 1. The van der Waals surface area contributed by atoms with Gasteiger partial charge >= 0.3 is 5.97 Å². The Balaban J connectivity index is 1.70. The monoisotopic (exact) mass is 483 g/mol. The first kappa shape index (κ1) is 23.3. The Bertz CT molecular complexity index is 1030. The summed E-state index contributed by atoms with van der Waals surface area (Å²) in [5.41, 5.74) is 4.81. The van der Waals surface area contributed by atoms with Crippen LogP contribution in [0.1, 0.15) is 25.5 Å². The molecular formula is C20H23Cl2N5O3S. The molecule has 8 nitrogen and oxygen atoms in total. The van der Waals surface area contributed by atoms with Crippen LogP contribution < -0.4 is 5.43 Å². The number of ether oxygens (including phenoxy) is 1. The quantitative estimate of drug-likeness (QED) is 0.297. The van der Waals surface area contributed by atoms with E-state index >= 15 is 0 Å². The van der Waals surface area contributed by atoms with Gasteiger partial charge < -0.3 is 14.7 Å². The summed E-state index contributed by atoms with van der Waals surface area (Å²) < 4.78 is 6.36. The predicted octanol–water partition coefficient (Wildman–Crippen LogP) is 3.58. The summed E-state index contributed by atoms with van der Waals surface area (Å²) in [6, 6.07) is 5.09. The molecule has 0 unspecified atom stereocenters. The van der Waals surface area contributed by atoms with E-state index in [2.05, 4.69) is 15.6 Å². The van der Waals surface area contributed by atoms with Gasteiger partial charge in [0.15, 0.2) is 16.6 Å². The number of aromatic nitrogens is 2. The molecule has 1 aromatic heterocycles. The zero-order valence-corrected chi connectivity index (χ0v) is 19.7. The van der Waals surface area contributed by atoms with Crippen molar-refractivity contribution in [3.05, 3.63) is 33.9 Å². The molecule has 2 aromatic rings. The lowest BCUT2D eigenvalue weighted by Gasteiger charge is -2.31. The number of likely N-dealkylation sites (tertiary alicyclic amines) is 1. The lowest BCUT2D eigenvalue weighted by molar-refractivity contribution is -0.146. The summed E-state index contributed by atoms with van der Waals surface area (Å²) in [6.07, 6.45) is 1.34. The van der Waals surface area contributed by atoms with Crippen LogP contribution in [0, 0.1) is 5.92 Å². The van der Waals surface area contributed by atoms with E-state index in [0.717, 1.165) is 0 Å². The van der Waals surface area contributed by atoms with Gasteiger partial charge in [0.2, 0.25) is 0 Å². The van der Waals surface area contributed by atoms with Crippen molar-refractivity contribution in [1.29, 1.82) is 0 Å². The van der Waals surface area contributed by atoms with E-state index in [1.165, 1.54) is 7.11 Å². The standard InChI is InChI=1S/C20H23Cl2N5O3S/c1-11(23-24-20(31)27-8-6-12(7-9-27)19(29)30-3)16-18(28)17(26(2)25-16)13-4-5-14(21)15(22)10-13/h4-5,10,12,28H,6-9H2,1-3H3,(H,24,31). The summed E-state index contributed by atoms with van der Waals surface area (Å²) in [5, 5.41) is 20.7. The fourth-order valence-electron chi connectivity index (χ4n) is 3.46. The highest BCUT2D eigenvalue weighted by atomic mass is 35.5. The zero-order valence-electron chi connectivity index (χ0n) is 17.4. The highest BCUT2D eigenvalue weighted by molar-refractivity contribution is 7.80. The van der Waals surface area contributed by atoms with Crippen LogP contribution >= 0.6 is 35.4 Å². The molecule has 0 aliphatic carbocycles. The minimum Gasteiger partial charge on any atom is -0.504 e. The molecule has 2 heterocycles. The van der Waals surface area contributed by atoms with Gasteiger partial charge in [-0.15, -0.1) is 0 Å². The summed E-state index contributed by atoms with van der Waals surface area (Å²) in [5.74, 6) is -0.302. The molecule has 0 amide bonds. The SMILES string of the molecule is COC(=O)C1CCN(C(=S)NN=C(C)c2nn(C)c(-c3ccc(Cl)c(Cl)c3)c2O)CC1. The van der Waals surface area contributed by atoms with Gasteiger partial charge in [0.25, 0.3) is 0 Å². The van der Waals surface area contributed by atoms with Gasteiger partial charge in [0.05, 0.1) is 28.8 Å². The minimum absolute atomic E-state index is 0.0197. The first-order valence-corrected chi connectivity index (χ1v) is 10.8. The molecule has 31 heavy (non-hydrogen) atoms. The first-order chi connectivity index (χ1) is 14.7. The number of hydrazone groups is 1. The molecule has 166 valence electrons. The molecule has 2 N–H and O–H groups in total. The highest BCUT2D eigenvalue weighted by Crippen LogP contribution is 2.35. The molecule has 1 saturated heterocycles. The Hall–Kier alpha value is -2.36. The van der Waals surface area contributed by atoms with Gasteiger partial charge in [0.1, 0.15) is 5.69 Å². The molecule has 1 fully saturated rings. The Morgan fingerprint density at radius 3 is 2.61 bits per heavy atom. The molecule has 11 heteroatoms. The van der Waals surface area contributed by atoms with Crippen molar-refractivity contribution in [2.24, 2.45) is 18.1 Å². The normalized spacial score (nSPS) is 15.1. The molecule has 0 saturated carbocycles. The summed E-state index contributed by atoms with van der Waals surface area (Å²) >= 11 is 17.5. The fraction of sp³-hybridized carbons (Fsp3) is 0.400. The average molecular weight is 484 g/mol. The number of rotatable bonds is 4. The number of hydrogen-bond acceptors (Lipinski definition) is 6. The Kier molecular flexibility index (Phi) is 7.40. The number of thiocarbonyl (C=S) groups is 1. The van der Waals surface area contributed by atoms with Crippen molar-refractivity contribution in [2.45, 2.75) is 19.8 Å². The van der Waals surface area contributed by atoms with Crippen molar-refractivity contribution in [2.75, 3.05) is 20.2 Å². The van der Waals surface area contributed by atoms with E-state index in [1.54, 1.807) is 36.9 Å². The van der Waals surface area contributed by atoms with E-state index in [1.807, 2.05) is 4.90 Å². The third-order valence-electron chi connectivity index (χ3n) is 5.19. The summed E-state index contributed by atoms with van der Waals surface area (Å²) in [4.78, 5) is 13.6. The lowest BCUT2D eigenvalue weighted by Crippen LogP contribution is -2.44. The van der Waals surface area contributed by atoms with Gasteiger partial charge in [0, 0.05) is 25.7 Å². The average Bonchev–Trinajstić information content (AvgIpc) is 3.07. The van der Waals surface area contributed by atoms with Gasteiger partial charge in [-0.2, -0.15) is 10.2 Å². The molecule has 0 bridgehead atoms. The van der Waals surface area contributed by atoms with Crippen molar-refractivity contribution in [3.63, 3.8) is 0 Å². The van der Waals surface area contributed by atoms with Crippen molar-refractivity contribution < 1.29 is 14.6 Å². The van der Waals surface area contributed by atoms with E-state index < -0.39 is 0 Å². The number of hydrogen-bond donors (Lipinski definition) is 2. The Labute approximate surface area is 195 Å². The third kappa shape index (κ3) is 5.11. The number of esters is 1. The topological polar surface area (TPSA) is 92.0 Å². The van der Waals surface area contributed by atoms with Crippen LogP contribution in [-0.4, -0.2) is 56.8 Å². The van der Waals surface area contributed by atoms with Gasteiger partial charge in [-0.25, -0.2) is 0 Å². The van der Waals surface area contributed by atoms with E-state index in [9.17, 15) is 9.90 Å². The predicted molar refractivity (Wildman–Crippen MR) is 125 cm³/mol. The molecule has 1 aliphatic heterocycles. The van der Waals surface area contributed by atoms with E-state index in [0.29, 0.717) is 63.8 Å². The Morgan fingerprint density at radius 1 is 1.32 bits per heavy atom. The zero-order chi connectivity index (χ0) is 22.7. The molecule has 0 spiro atoms. The lowest BCUT2D eigenvalue weighted by atomic mass is 9.97. The number of carbonyl (C=O) groups excluding carboxylic acids is 1. The van der Waals surface area contributed by atoms with Crippen LogP contribution in [0.4, 0.5) is 0 Å². The van der Waals surface area contributed by atoms with E-state index in [4.69, 9.17) is 40.2 Å². The van der Waals surface area contributed by atoms with E-state index in [-0.39, 0.29) is 17.6 Å². The molecule has 3 rings (SSSR count). The van der Waals surface area contributed by atoms with Crippen LogP contribution in [0.2, 0.25) is 10.0 Å². The molecule has 0 atom stereocenters. The Morgan fingerprint density at radius 2 is 2.00 bits per heavy atom. The molecule has 0 radical (unpaired) electrons. The number of halogens is 2. The van der Waals surface area contributed by atoms with Crippen LogP contribution in [0.3, 0.4) is 0 Å². The number of piperidine rings is 1. The van der Waals surface area contributed by atoms with Crippen molar-refractivity contribution in [3.8, 4) is 17.0 Å². The largest absolute Gasteiger partial charge is 0.504 e. The number of carbonyl (C=O) groups is 1. The number of nitrogens with zero attached hydrogens (tertiary/aromatic N) is 4. The number of nitrogens with one attached hydrogen (secondary N) is 1. The summed E-state index contributed by atoms with van der Waals surface area (Å²) in [6.45, 7) is 2.99. The summed E-state index contributed by atoms with van der Waals surface area (Å²) in [7, 11) is 3.12. The van der Waals surface area contributed by atoms with Crippen molar-refractivity contribution >= 4 is 52.2 Å². The maximum absolute atomic E-state index is 11.7. The molecule has 1 aliphatic rings.